The number of carbonyl (C=O) groups excluding carboxylic acids is 2. The Hall–Kier alpha value is -2.74. The normalized spacial score (nSPS) is 13.2. The topological polar surface area (TPSA) is 94.2 Å². The quantitative estimate of drug-likeness (QED) is 0.609. The number of nitrogens with one attached hydrogen (secondary N) is 1. The van der Waals surface area contributed by atoms with Crippen LogP contribution in [0.1, 0.15) is 20.7 Å². The van der Waals surface area contributed by atoms with Gasteiger partial charge >= 0.3 is 0 Å². The lowest BCUT2D eigenvalue weighted by atomic mass is 10.1. The van der Waals surface area contributed by atoms with Gasteiger partial charge in [0.05, 0.1) is 16.8 Å². The van der Waals surface area contributed by atoms with Crippen molar-refractivity contribution < 1.29 is 18.4 Å². The molecule has 0 saturated carbocycles. The summed E-state index contributed by atoms with van der Waals surface area (Å²) in [4.78, 5) is 35.3. The predicted molar refractivity (Wildman–Crippen MR) is 73.2 cm³/mol. The van der Waals surface area contributed by atoms with Gasteiger partial charge in [0.25, 0.3) is 17.4 Å². The van der Waals surface area contributed by atoms with Gasteiger partial charge < -0.3 is 5.73 Å². The summed E-state index contributed by atoms with van der Waals surface area (Å²) < 4.78 is 28.0. The highest BCUT2D eigenvalue weighted by Gasteiger charge is 2.32. The molecule has 3 N–H and O–H groups in total. The maximum absolute atomic E-state index is 13.9. The number of benzene rings is 1. The summed E-state index contributed by atoms with van der Waals surface area (Å²) in [6.07, 6.45) is 0. The molecule has 0 aliphatic carbocycles. The molecule has 0 radical (unpaired) electrons. The predicted octanol–water partition coefficient (Wildman–Crippen LogP) is 1.23. The summed E-state index contributed by atoms with van der Waals surface area (Å²) in [5, 5.41) is 1.80. The van der Waals surface area contributed by atoms with Crippen molar-refractivity contribution in [1.29, 1.82) is 0 Å². The molecule has 6 nitrogen and oxygen atoms in total. The number of nitrogens with zero attached hydrogens (tertiary/aromatic N) is 1. The minimum Gasteiger partial charge on any atom is -0.384 e. The molecule has 2 aromatic rings. The van der Waals surface area contributed by atoms with Crippen LogP contribution < -0.4 is 16.6 Å². The van der Waals surface area contributed by atoms with Crippen LogP contribution in [0.2, 0.25) is 5.02 Å². The molecule has 0 bridgehead atoms. The molecule has 22 heavy (non-hydrogen) atoms. The number of nitrogens with two attached hydrogens (primary N) is 1. The number of rotatable bonds is 1. The van der Waals surface area contributed by atoms with Gasteiger partial charge in [0.1, 0.15) is 5.82 Å². The van der Waals surface area contributed by atoms with Crippen molar-refractivity contribution in [2.24, 2.45) is 0 Å². The molecule has 112 valence electrons. The fraction of sp³-hybridized carbons (Fsp3) is 0. The van der Waals surface area contributed by atoms with E-state index in [0.717, 1.165) is 18.2 Å². The Labute approximate surface area is 126 Å². The van der Waals surface area contributed by atoms with E-state index >= 15 is 0 Å². The van der Waals surface area contributed by atoms with E-state index < -0.39 is 40.5 Å². The lowest BCUT2D eigenvalue weighted by Crippen LogP contribution is -2.25. The minimum absolute atomic E-state index is 0.166. The van der Waals surface area contributed by atoms with Gasteiger partial charge in [-0.3, -0.25) is 24.3 Å². The fourth-order valence-electron chi connectivity index (χ4n) is 2.23. The molecule has 1 aliphatic heterocycles. The van der Waals surface area contributed by atoms with Crippen LogP contribution in [0.5, 0.6) is 0 Å². The molecular formula is C13H6ClF2N3O3. The lowest BCUT2D eigenvalue weighted by molar-refractivity contribution is 0.0880. The van der Waals surface area contributed by atoms with Crippen molar-refractivity contribution in [3.8, 4) is 5.69 Å². The molecular weight excluding hydrogens is 320 g/mol. The second kappa shape index (κ2) is 4.63. The van der Waals surface area contributed by atoms with E-state index in [9.17, 15) is 23.2 Å². The Kier molecular flexibility index (Phi) is 2.99. The second-order valence-corrected chi connectivity index (χ2v) is 4.93. The van der Waals surface area contributed by atoms with Crippen LogP contribution in [0.3, 0.4) is 0 Å². The smallest absolute Gasteiger partial charge is 0.262 e. The molecule has 2 amide bonds. The van der Waals surface area contributed by atoms with E-state index in [-0.39, 0.29) is 16.1 Å². The zero-order valence-electron chi connectivity index (χ0n) is 10.6. The fourth-order valence-corrected chi connectivity index (χ4v) is 2.43. The number of anilines is 1. The van der Waals surface area contributed by atoms with Crippen molar-refractivity contribution in [2.75, 3.05) is 5.73 Å². The SMILES string of the molecule is Nc1c2c(cc(=O)n1-c1cc(Cl)cc(F)c1F)C(=O)NC2=O. The first-order chi connectivity index (χ1) is 10.3. The molecule has 0 saturated heterocycles. The molecule has 1 aromatic heterocycles. The zero-order chi connectivity index (χ0) is 16.2. The summed E-state index contributed by atoms with van der Waals surface area (Å²) in [7, 11) is 0. The number of hydrogen-bond donors (Lipinski definition) is 2. The molecule has 9 heteroatoms. The van der Waals surface area contributed by atoms with Crippen LogP contribution in [-0.4, -0.2) is 16.4 Å². The molecule has 1 aliphatic rings. The molecule has 0 atom stereocenters. The van der Waals surface area contributed by atoms with E-state index in [1.807, 2.05) is 5.32 Å². The standard InChI is InChI=1S/C13H6ClF2N3O3/c14-4-1-6(15)10(16)7(2-4)19-8(20)3-5-9(11(19)17)13(22)18-12(5)21/h1-3H,17H2,(H,18,21,22). The van der Waals surface area contributed by atoms with Gasteiger partial charge in [0, 0.05) is 11.1 Å². The highest BCUT2D eigenvalue weighted by molar-refractivity contribution is 6.30. The first kappa shape index (κ1) is 14.2. The molecule has 2 heterocycles. The summed E-state index contributed by atoms with van der Waals surface area (Å²) >= 11 is 5.65. The third-order valence-electron chi connectivity index (χ3n) is 3.17. The van der Waals surface area contributed by atoms with E-state index in [1.54, 1.807) is 0 Å². The number of pyridine rings is 1. The van der Waals surface area contributed by atoms with Gasteiger partial charge in [-0.05, 0) is 12.1 Å². The number of hydrogen-bond acceptors (Lipinski definition) is 4. The van der Waals surface area contributed by atoms with Crippen LogP contribution >= 0.6 is 11.6 Å². The molecule has 0 unspecified atom stereocenters. The van der Waals surface area contributed by atoms with Crippen LogP contribution in [0, 0.1) is 11.6 Å². The third-order valence-corrected chi connectivity index (χ3v) is 3.39. The Bertz CT molecular complexity index is 924. The van der Waals surface area contributed by atoms with Gasteiger partial charge in [-0.25, -0.2) is 8.78 Å². The minimum atomic E-state index is -1.36. The maximum atomic E-state index is 13.9. The maximum Gasteiger partial charge on any atom is 0.262 e. The average molecular weight is 326 g/mol. The second-order valence-electron chi connectivity index (χ2n) is 4.50. The van der Waals surface area contributed by atoms with Crippen molar-refractivity contribution >= 4 is 29.2 Å². The van der Waals surface area contributed by atoms with Crippen molar-refractivity contribution in [2.45, 2.75) is 0 Å². The summed E-state index contributed by atoms with van der Waals surface area (Å²) in [5.41, 5.74) is 3.76. The Morgan fingerprint density at radius 2 is 1.77 bits per heavy atom. The summed E-state index contributed by atoms with van der Waals surface area (Å²) in [6, 6.07) is 2.54. The highest BCUT2D eigenvalue weighted by atomic mass is 35.5. The van der Waals surface area contributed by atoms with Gasteiger partial charge in [-0.2, -0.15) is 0 Å². The Balaban J connectivity index is 2.40. The number of nitrogen functional groups attached to an aromatic ring is 1. The van der Waals surface area contributed by atoms with Crippen LogP contribution in [0.25, 0.3) is 5.69 Å². The number of carbonyl (C=O) groups is 2. The molecule has 0 spiro atoms. The third kappa shape index (κ3) is 1.88. The van der Waals surface area contributed by atoms with E-state index in [0.29, 0.717) is 4.57 Å². The number of amides is 2. The molecule has 0 fully saturated rings. The molecule has 3 rings (SSSR count). The monoisotopic (exact) mass is 325 g/mol. The van der Waals surface area contributed by atoms with E-state index in [2.05, 4.69) is 0 Å². The Morgan fingerprint density at radius 1 is 1.09 bits per heavy atom. The van der Waals surface area contributed by atoms with E-state index in [4.69, 9.17) is 17.3 Å². The van der Waals surface area contributed by atoms with E-state index in [1.165, 1.54) is 0 Å². The number of imide groups is 1. The van der Waals surface area contributed by atoms with Crippen molar-refractivity contribution in [1.82, 2.24) is 9.88 Å². The van der Waals surface area contributed by atoms with Crippen molar-refractivity contribution in [3.05, 3.63) is 56.3 Å². The van der Waals surface area contributed by atoms with Crippen molar-refractivity contribution in [3.63, 3.8) is 0 Å². The van der Waals surface area contributed by atoms with Crippen LogP contribution in [-0.2, 0) is 0 Å². The number of aromatic nitrogens is 1. The van der Waals surface area contributed by atoms with Crippen LogP contribution in [0.15, 0.2) is 23.0 Å². The van der Waals surface area contributed by atoms with Gasteiger partial charge in [0.15, 0.2) is 11.6 Å². The lowest BCUT2D eigenvalue weighted by Gasteiger charge is -2.13. The van der Waals surface area contributed by atoms with Crippen LogP contribution in [0.4, 0.5) is 14.6 Å². The first-order valence-corrected chi connectivity index (χ1v) is 6.25. The average Bonchev–Trinajstić information content (AvgIpc) is 2.70. The Morgan fingerprint density at radius 3 is 2.45 bits per heavy atom. The number of halogens is 3. The first-order valence-electron chi connectivity index (χ1n) is 5.87. The van der Waals surface area contributed by atoms with Gasteiger partial charge in [-0.15, -0.1) is 0 Å². The highest BCUT2D eigenvalue weighted by Crippen LogP contribution is 2.26. The van der Waals surface area contributed by atoms with Gasteiger partial charge in [0.2, 0.25) is 0 Å². The largest absolute Gasteiger partial charge is 0.384 e. The van der Waals surface area contributed by atoms with Gasteiger partial charge in [-0.1, -0.05) is 11.6 Å². The zero-order valence-corrected chi connectivity index (χ0v) is 11.4. The molecule has 1 aromatic carbocycles. The number of fused-ring (bicyclic) bond motifs is 1. The summed E-state index contributed by atoms with van der Waals surface area (Å²) in [5.74, 6) is -4.73. The summed E-state index contributed by atoms with van der Waals surface area (Å²) in [6.45, 7) is 0.